The minimum absolute atomic E-state index is 0.0626. The lowest BCUT2D eigenvalue weighted by atomic mass is 10.0. The first-order valence-corrected chi connectivity index (χ1v) is 9.02. The Hall–Kier alpha value is -4.13. The molecule has 2 atom stereocenters. The van der Waals surface area contributed by atoms with Crippen molar-refractivity contribution in [3.05, 3.63) is 86.0 Å². The van der Waals surface area contributed by atoms with Crippen molar-refractivity contribution in [3.8, 4) is 17.3 Å². The largest absolute Gasteiger partial charge is 0.325 e. The molecule has 0 aliphatic heterocycles. The molecule has 3 heterocycles. The summed E-state index contributed by atoms with van der Waals surface area (Å²) in [6, 6.07) is 7.83. The van der Waals surface area contributed by atoms with E-state index in [1.165, 1.54) is 12.3 Å². The lowest BCUT2D eigenvalue weighted by molar-refractivity contribution is 0.549. The summed E-state index contributed by atoms with van der Waals surface area (Å²) in [7, 11) is 0. The molecule has 5 rings (SSSR count). The van der Waals surface area contributed by atoms with E-state index in [0.29, 0.717) is 17.5 Å². The molecule has 2 N–H and O–H groups in total. The van der Waals surface area contributed by atoms with E-state index in [9.17, 15) is 18.4 Å². The van der Waals surface area contributed by atoms with E-state index in [2.05, 4.69) is 20.1 Å². The highest BCUT2D eigenvalue weighted by Gasteiger charge is 2.43. The van der Waals surface area contributed by atoms with Crippen LogP contribution in [0, 0.1) is 23.1 Å². The third-order valence-corrected chi connectivity index (χ3v) is 5.27. The predicted octanol–water partition coefficient (Wildman–Crippen LogP) is 2.19. The summed E-state index contributed by atoms with van der Waals surface area (Å²) in [6.45, 7) is 0. The van der Waals surface area contributed by atoms with Crippen molar-refractivity contribution < 1.29 is 8.78 Å². The zero-order valence-corrected chi connectivity index (χ0v) is 15.2. The number of aromatic amines is 2. The van der Waals surface area contributed by atoms with E-state index < -0.39 is 23.0 Å². The van der Waals surface area contributed by atoms with Crippen LogP contribution in [-0.2, 0) is 0 Å². The molecule has 0 unspecified atom stereocenters. The average Bonchev–Trinajstić information content (AvgIpc) is 3.43. The molecule has 1 aromatic carbocycles. The van der Waals surface area contributed by atoms with Gasteiger partial charge < -0.3 is 4.98 Å². The zero-order chi connectivity index (χ0) is 21.0. The Morgan fingerprint density at radius 3 is 2.70 bits per heavy atom. The molecular formula is C20H12F2N6O2. The molecule has 0 bridgehead atoms. The Labute approximate surface area is 166 Å². The fourth-order valence-electron chi connectivity index (χ4n) is 3.75. The molecule has 30 heavy (non-hydrogen) atoms. The lowest BCUT2D eigenvalue weighted by Crippen LogP contribution is -2.23. The number of nitrogens with one attached hydrogen (secondary N) is 2. The minimum atomic E-state index is -0.712. The maximum atomic E-state index is 14.4. The number of nitrogens with zero attached hydrogens (tertiary/aromatic N) is 4. The third-order valence-electron chi connectivity index (χ3n) is 5.27. The Morgan fingerprint density at radius 1 is 1.17 bits per heavy atom. The third kappa shape index (κ3) is 2.79. The fourth-order valence-corrected chi connectivity index (χ4v) is 3.75. The number of halogens is 2. The fraction of sp³-hybridized carbons (Fsp3) is 0.150. The quantitative estimate of drug-likeness (QED) is 0.541. The molecule has 1 aliphatic rings. The van der Waals surface area contributed by atoms with E-state index in [0.717, 1.165) is 10.7 Å². The maximum Gasteiger partial charge on any atom is 0.325 e. The Morgan fingerprint density at radius 2 is 1.97 bits per heavy atom. The number of nitriles is 1. The van der Waals surface area contributed by atoms with Gasteiger partial charge in [0.05, 0.1) is 29.1 Å². The normalized spacial score (nSPS) is 17.8. The molecule has 1 aliphatic carbocycles. The second-order valence-electron chi connectivity index (χ2n) is 7.08. The summed E-state index contributed by atoms with van der Waals surface area (Å²) in [5, 5.41) is 13.0. The number of hydrogen-bond acceptors (Lipinski definition) is 5. The van der Waals surface area contributed by atoms with Gasteiger partial charge in [-0.2, -0.15) is 19.3 Å². The molecule has 148 valence electrons. The Bertz CT molecular complexity index is 1480. The van der Waals surface area contributed by atoms with Gasteiger partial charge in [-0.3, -0.25) is 9.78 Å². The number of rotatable bonds is 3. The van der Waals surface area contributed by atoms with Gasteiger partial charge in [0.25, 0.3) is 5.56 Å². The van der Waals surface area contributed by atoms with Crippen molar-refractivity contribution in [1.29, 1.82) is 5.26 Å². The lowest BCUT2D eigenvalue weighted by Gasteiger charge is -2.08. The van der Waals surface area contributed by atoms with Crippen molar-refractivity contribution in [2.45, 2.75) is 18.3 Å². The van der Waals surface area contributed by atoms with Gasteiger partial charge in [-0.05, 0) is 42.0 Å². The highest BCUT2D eigenvalue weighted by atomic mass is 19.1. The molecule has 0 saturated heterocycles. The van der Waals surface area contributed by atoms with Gasteiger partial charge in [0.1, 0.15) is 5.82 Å². The van der Waals surface area contributed by atoms with Crippen LogP contribution in [0.15, 0.2) is 46.2 Å². The summed E-state index contributed by atoms with van der Waals surface area (Å²) < 4.78 is 29.7. The smallest absolute Gasteiger partial charge is 0.313 e. The van der Waals surface area contributed by atoms with Crippen molar-refractivity contribution in [3.63, 3.8) is 0 Å². The van der Waals surface area contributed by atoms with Crippen LogP contribution in [-0.4, -0.2) is 24.6 Å². The molecule has 3 aromatic heterocycles. The summed E-state index contributed by atoms with van der Waals surface area (Å²) in [4.78, 5) is 32.0. The number of H-pyrrole nitrogens is 2. The highest BCUT2D eigenvalue weighted by molar-refractivity contribution is 5.63. The van der Waals surface area contributed by atoms with Crippen LogP contribution in [0.2, 0.25) is 0 Å². The van der Waals surface area contributed by atoms with Gasteiger partial charge >= 0.3 is 5.69 Å². The number of hydrogen-bond donors (Lipinski definition) is 2. The molecule has 0 spiro atoms. The van der Waals surface area contributed by atoms with Gasteiger partial charge in [0.15, 0.2) is 5.65 Å². The standard InChI is InChI=1S/C20H12F2N6O2/c21-15-3-9(6-23)1-2-10(15)11-4-12(11)13-5-16(14-7-25-20(30)26-19(14)29)27-28-17(22)8-24-18(13)28/h1-3,5,7-8,11-12H,4H2,(H2,25,26,29,30)/t11-,12+/m1/s1. The van der Waals surface area contributed by atoms with E-state index in [-0.39, 0.29) is 34.3 Å². The average molecular weight is 406 g/mol. The van der Waals surface area contributed by atoms with Crippen molar-refractivity contribution >= 4 is 5.65 Å². The maximum absolute atomic E-state index is 14.4. The van der Waals surface area contributed by atoms with Gasteiger partial charge in [-0.25, -0.2) is 14.2 Å². The molecule has 0 radical (unpaired) electrons. The molecule has 1 fully saturated rings. The molecule has 0 amide bonds. The molecule has 8 nitrogen and oxygen atoms in total. The number of imidazole rings is 1. The van der Waals surface area contributed by atoms with Crippen LogP contribution >= 0.6 is 0 Å². The SMILES string of the molecule is N#Cc1ccc([C@H]2C[C@@H]2c2cc(-c3c[nH]c(=O)[nH]c3=O)nn3c(F)cnc23)c(F)c1. The summed E-state index contributed by atoms with van der Waals surface area (Å²) in [5.41, 5.74) is 0.464. The van der Waals surface area contributed by atoms with Crippen LogP contribution in [0.5, 0.6) is 0 Å². The molecular weight excluding hydrogens is 394 g/mol. The van der Waals surface area contributed by atoms with Crippen molar-refractivity contribution in [2.75, 3.05) is 0 Å². The van der Waals surface area contributed by atoms with Crippen LogP contribution in [0.25, 0.3) is 16.9 Å². The minimum Gasteiger partial charge on any atom is -0.313 e. The van der Waals surface area contributed by atoms with E-state index >= 15 is 0 Å². The first-order valence-electron chi connectivity index (χ1n) is 9.02. The summed E-state index contributed by atoms with van der Waals surface area (Å²) in [6.07, 6.45) is 2.82. The van der Waals surface area contributed by atoms with Crippen LogP contribution in [0.1, 0.15) is 34.9 Å². The predicted molar refractivity (Wildman–Crippen MR) is 101 cm³/mol. The zero-order valence-electron chi connectivity index (χ0n) is 15.2. The number of fused-ring (bicyclic) bond motifs is 1. The second kappa shape index (κ2) is 6.45. The summed E-state index contributed by atoms with van der Waals surface area (Å²) >= 11 is 0. The van der Waals surface area contributed by atoms with Gasteiger partial charge in [-0.15, -0.1) is 0 Å². The first kappa shape index (κ1) is 17.9. The van der Waals surface area contributed by atoms with Crippen LogP contribution in [0.4, 0.5) is 8.78 Å². The van der Waals surface area contributed by atoms with Gasteiger partial charge in [0, 0.05) is 11.8 Å². The number of aromatic nitrogens is 5. The van der Waals surface area contributed by atoms with Crippen LogP contribution < -0.4 is 11.2 Å². The second-order valence-corrected chi connectivity index (χ2v) is 7.08. The molecule has 4 aromatic rings. The Kier molecular flexibility index (Phi) is 3.86. The van der Waals surface area contributed by atoms with Crippen molar-refractivity contribution in [1.82, 2.24) is 24.6 Å². The monoisotopic (exact) mass is 406 g/mol. The summed E-state index contributed by atoms with van der Waals surface area (Å²) in [5.74, 6) is -1.53. The van der Waals surface area contributed by atoms with Crippen molar-refractivity contribution in [2.24, 2.45) is 0 Å². The van der Waals surface area contributed by atoms with Gasteiger partial charge in [-0.1, -0.05) is 6.07 Å². The van der Waals surface area contributed by atoms with Gasteiger partial charge in [0.2, 0.25) is 5.95 Å². The number of benzene rings is 1. The van der Waals surface area contributed by atoms with E-state index in [1.807, 2.05) is 6.07 Å². The molecule has 1 saturated carbocycles. The van der Waals surface area contributed by atoms with E-state index in [1.54, 1.807) is 18.2 Å². The molecule has 10 heteroatoms. The van der Waals surface area contributed by atoms with E-state index in [4.69, 9.17) is 5.26 Å². The first-order chi connectivity index (χ1) is 14.5. The Balaban J connectivity index is 1.62. The van der Waals surface area contributed by atoms with Crippen LogP contribution in [0.3, 0.4) is 0 Å². The topological polar surface area (TPSA) is 120 Å². The highest BCUT2D eigenvalue weighted by Crippen LogP contribution is 2.56.